The van der Waals surface area contributed by atoms with Gasteiger partial charge in [0.2, 0.25) is 0 Å². The molecule has 2 rings (SSSR count). The Bertz CT molecular complexity index is 329. The zero-order valence-electron chi connectivity index (χ0n) is 7.77. The van der Waals surface area contributed by atoms with E-state index in [4.69, 9.17) is 9.84 Å². The van der Waals surface area contributed by atoms with Gasteiger partial charge >= 0.3 is 5.97 Å². The van der Waals surface area contributed by atoms with Crippen LogP contribution in [0.4, 0.5) is 0 Å². The van der Waals surface area contributed by atoms with E-state index in [0.29, 0.717) is 6.42 Å². The third kappa shape index (κ3) is 1.77. The first kappa shape index (κ1) is 9.21. The average Bonchev–Trinajstić information content (AvgIpc) is 2.65. The highest BCUT2D eigenvalue weighted by molar-refractivity contribution is 5.71. The van der Waals surface area contributed by atoms with Crippen LogP contribution in [0.2, 0.25) is 0 Å². The number of cyclic esters (lactones) is 1. The molecule has 1 N–H and O–H groups in total. The van der Waals surface area contributed by atoms with Crippen LogP contribution in [-0.4, -0.2) is 11.1 Å². The Hall–Kier alpha value is -1.35. The summed E-state index contributed by atoms with van der Waals surface area (Å²) in [6.45, 7) is 0.0464. The Balaban J connectivity index is 2.13. The third-order valence-electron chi connectivity index (χ3n) is 2.42. The Morgan fingerprint density at radius 1 is 1.36 bits per heavy atom. The minimum atomic E-state index is -0.124. The van der Waals surface area contributed by atoms with Gasteiger partial charge in [0.15, 0.2) is 0 Å². The number of carbonyl (C=O) groups excluding carboxylic acids is 1. The molecule has 0 aliphatic carbocycles. The lowest BCUT2D eigenvalue weighted by Crippen LogP contribution is -1.98. The Labute approximate surface area is 82.3 Å². The van der Waals surface area contributed by atoms with Crippen LogP contribution >= 0.6 is 0 Å². The van der Waals surface area contributed by atoms with E-state index in [1.165, 1.54) is 0 Å². The first-order valence-corrected chi connectivity index (χ1v) is 4.69. The van der Waals surface area contributed by atoms with Crippen molar-refractivity contribution in [3.05, 3.63) is 35.4 Å². The molecule has 1 saturated heterocycles. The highest BCUT2D eigenvalue weighted by atomic mass is 16.5. The van der Waals surface area contributed by atoms with E-state index in [-0.39, 0.29) is 18.7 Å². The van der Waals surface area contributed by atoms with Gasteiger partial charge in [-0.3, -0.25) is 4.79 Å². The number of benzene rings is 1. The van der Waals surface area contributed by atoms with E-state index in [1.807, 2.05) is 24.3 Å². The fourth-order valence-corrected chi connectivity index (χ4v) is 1.60. The lowest BCUT2D eigenvalue weighted by molar-refractivity contribution is -0.141. The Kier molecular flexibility index (Phi) is 2.50. The minimum absolute atomic E-state index is 0.0464. The van der Waals surface area contributed by atoms with E-state index < -0.39 is 0 Å². The Morgan fingerprint density at radius 2 is 2.07 bits per heavy atom. The van der Waals surface area contributed by atoms with Crippen LogP contribution in [0.25, 0.3) is 0 Å². The van der Waals surface area contributed by atoms with Crippen molar-refractivity contribution < 1.29 is 14.6 Å². The van der Waals surface area contributed by atoms with E-state index in [1.54, 1.807) is 0 Å². The van der Waals surface area contributed by atoms with Gasteiger partial charge in [0.1, 0.15) is 6.10 Å². The van der Waals surface area contributed by atoms with Gasteiger partial charge < -0.3 is 9.84 Å². The molecule has 1 aromatic rings. The van der Waals surface area contributed by atoms with E-state index in [0.717, 1.165) is 17.5 Å². The fourth-order valence-electron chi connectivity index (χ4n) is 1.60. The monoisotopic (exact) mass is 192 g/mol. The van der Waals surface area contributed by atoms with Crippen LogP contribution in [0.3, 0.4) is 0 Å². The predicted octanol–water partition coefficient (Wildman–Crippen LogP) is 1.56. The number of hydrogen-bond acceptors (Lipinski definition) is 3. The number of esters is 1. The molecule has 1 aliphatic heterocycles. The van der Waals surface area contributed by atoms with E-state index in [2.05, 4.69) is 0 Å². The summed E-state index contributed by atoms with van der Waals surface area (Å²) in [7, 11) is 0. The van der Waals surface area contributed by atoms with Gasteiger partial charge in [-0.25, -0.2) is 0 Å². The molecule has 0 bridgehead atoms. The van der Waals surface area contributed by atoms with Gasteiger partial charge in [-0.15, -0.1) is 0 Å². The summed E-state index contributed by atoms with van der Waals surface area (Å²) in [4.78, 5) is 10.9. The SMILES string of the molecule is O=C1CCC(c2ccc(CO)cc2)O1. The number of carbonyl (C=O) groups is 1. The van der Waals surface area contributed by atoms with Crippen LogP contribution in [0.1, 0.15) is 30.1 Å². The molecular formula is C11H12O3. The molecule has 3 heteroatoms. The molecule has 3 nitrogen and oxygen atoms in total. The van der Waals surface area contributed by atoms with E-state index in [9.17, 15) is 4.79 Å². The first-order valence-electron chi connectivity index (χ1n) is 4.69. The Morgan fingerprint density at radius 3 is 2.57 bits per heavy atom. The van der Waals surface area contributed by atoms with Crippen molar-refractivity contribution in [1.29, 1.82) is 0 Å². The molecule has 0 radical (unpaired) electrons. The predicted molar refractivity (Wildman–Crippen MR) is 50.4 cm³/mol. The molecule has 1 heterocycles. The number of rotatable bonds is 2. The summed E-state index contributed by atoms with van der Waals surface area (Å²) in [6, 6.07) is 7.49. The molecule has 0 saturated carbocycles. The lowest BCUT2D eigenvalue weighted by Gasteiger charge is -2.09. The quantitative estimate of drug-likeness (QED) is 0.723. The zero-order valence-corrected chi connectivity index (χ0v) is 7.77. The topological polar surface area (TPSA) is 46.5 Å². The minimum Gasteiger partial charge on any atom is -0.457 e. The summed E-state index contributed by atoms with van der Waals surface area (Å²) in [5.74, 6) is -0.124. The van der Waals surface area contributed by atoms with Gasteiger partial charge in [0.25, 0.3) is 0 Å². The van der Waals surface area contributed by atoms with Crippen LogP contribution in [0.5, 0.6) is 0 Å². The molecule has 0 aromatic heterocycles. The van der Waals surface area contributed by atoms with Crippen molar-refractivity contribution in [3.63, 3.8) is 0 Å². The summed E-state index contributed by atoms with van der Waals surface area (Å²) in [5.41, 5.74) is 1.88. The maximum atomic E-state index is 10.9. The highest BCUT2D eigenvalue weighted by Gasteiger charge is 2.24. The van der Waals surface area contributed by atoms with Crippen LogP contribution in [0.15, 0.2) is 24.3 Å². The summed E-state index contributed by atoms with van der Waals surface area (Å²) >= 11 is 0. The number of aliphatic hydroxyl groups is 1. The molecule has 1 atom stereocenters. The van der Waals surface area contributed by atoms with E-state index >= 15 is 0 Å². The lowest BCUT2D eigenvalue weighted by atomic mass is 10.1. The van der Waals surface area contributed by atoms with Gasteiger partial charge in [-0.05, 0) is 17.5 Å². The molecular weight excluding hydrogens is 180 g/mol. The molecule has 1 unspecified atom stereocenters. The smallest absolute Gasteiger partial charge is 0.306 e. The summed E-state index contributed by atoms with van der Waals surface area (Å²) in [5, 5.41) is 8.85. The van der Waals surface area contributed by atoms with Gasteiger partial charge in [0, 0.05) is 6.42 Å². The fraction of sp³-hybridized carbons (Fsp3) is 0.364. The molecule has 14 heavy (non-hydrogen) atoms. The second-order valence-corrected chi connectivity index (χ2v) is 3.42. The second kappa shape index (κ2) is 3.80. The summed E-state index contributed by atoms with van der Waals surface area (Å²) in [6.07, 6.45) is 1.18. The third-order valence-corrected chi connectivity index (χ3v) is 2.42. The van der Waals surface area contributed by atoms with Crippen molar-refractivity contribution in [1.82, 2.24) is 0 Å². The van der Waals surface area contributed by atoms with Crippen molar-refractivity contribution in [2.24, 2.45) is 0 Å². The van der Waals surface area contributed by atoms with Gasteiger partial charge in [-0.2, -0.15) is 0 Å². The molecule has 0 amide bonds. The normalized spacial score (nSPS) is 20.9. The molecule has 1 aromatic carbocycles. The molecule has 0 spiro atoms. The number of hydrogen-bond donors (Lipinski definition) is 1. The number of ether oxygens (including phenoxy) is 1. The van der Waals surface area contributed by atoms with Crippen LogP contribution in [-0.2, 0) is 16.1 Å². The van der Waals surface area contributed by atoms with Crippen molar-refractivity contribution >= 4 is 5.97 Å². The second-order valence-electron chi connectivity index (χ2n) is 3.42. The maximum absolute atomic E-state index is 10.9. The zero-order chi connectivity index (χ0) is 9.97. The van der Waals surface area contributed by atoms with Crippen molar-refractivity contribution in [2.45, 2.75) is 25.6 Å². The van der Waals surface area contributed by atoms with Crippen molar-refractivity contribution in [3.8, 4) is 0 Å². The van der Waals surface area contributed by atoms with Gasteiger partial charge in [0.05, 0.1) is 6.61 Å². The summed E-state index contributed by atoms with van der Waals surface area (Å²) < 4.78 is 5.12. The average molecular weight is 192 g/mol. The molecule has 1 aliphatic rings. The van der Waals surface area contributed by atoms with Crippen LogP contribution < -0.4 is 0 Å². The highest BCUT2D eigenvalue weighted by Crippen LogP contribution is 2.29. The largest absolute Gasteiger partial charge is 0.457 e. The first-order chi connectivity index (χ1) is 6.79. The number of aliphatic hydroxyl groups excluding tert-OH is 1. The van der Waals surface area contributed by atoms with Gasteiger partial charge in [-0.1, -0.05) is 24.3 Å². The van der Waals surface area contributed by atoms with Crippen molar-refractivity contribution in [2.75, 3.05) is 0 Å². The molecule has 74 valence electrons. The van der Waals surface area contributed by atoms with Crippen LogP contribution in [0, 0.1) is 0 Å². The maximum Gasteiger partial charge on any atom is 0.306 e. The standard InChI is InChI=1S/C11H12O3/c12-7-8-1-3-9(4-2-8)10-5-6-11(13)14-10/h1-4,10,12H,5-7H2. The molecule has 1 fully saturated rings.